The van der Waals surface area contributed by atoms with Gasteiger partial charge in [0.2, 0.25) is 5.56 Å². The lowest BCUT2D eigenvalue weighted by molar-refractivity contribution is -0.0259. The highest BCUT2D eigenvalue weighted by atomic mass is 16.5. The molecule has 1 amide bonds. The molecule has 5 nitrogen and oxygen atoms in total. The van der Waals surface area contributed by atoms with E-state index in [1.165, 1.54) is 12.5 Å². The second-order valence-corrected chi connectivity index (χ2v) is 7.67. The molecule has 1 saturated heterocycles. The Kier molecular flexibility index (Phi) is 5.77. The Morgan fingerprint density at radius 2 is 2.15 bits per heavy atom. The van der Waals surface area contributed by atoms with Crippen molar-refractivity contribution in [1.82, 2.24) is 9.88 Å². The number of carbonyl (C=O) groups excluding carboxylic acids is 1. The number of aromatic nitrogens is 1. The zero-order valence-electron chi connectivity index (χ0n) is 15.9. The molecule has 26 heavy (non-hydrogen) atoms. The van der Waals surface area contributed by atoms with Gasteiger partial charge in [-0.1, -0.05) is 38.3 Å². The lowest BCUT2D eigenvalue weighted by Crippen LogP contribution is -2.45. The van der Waals surface area contributed by atoms with Gasteiger partial charge in [-0.25, -0.2) is 0 Å². The summed E-state index contributed by atoms with van der Waals surface area (Å²) in [5.74, 6) is 0.603. The minimum absolute atomic E-state index is 0.0798. The molecule has 1 aromatic carbocycles. The van der Waals surface area contributed by atoms with Crippen LogP contribution in [0.4, 0.5) is 0 Å². The summed E-state index contributed by atoms with van der Waals surface area (Å²) in [5, 5.41) is 0.803. The van der Waals surface area contributed by atoms with Gasteiger partial charge in [0.25, 0.3) is 5.91 Å². The maximum Gasteiger partial charge on any atom is 0.254 e. The number of nitrogens with zero attached hydrogens (tertiary/aromatic N) is 1. The second kappa shape index (κ2) is 8.04. The minimum atomic E-state index is -0.244. The summed E-state index contributed by atoms with van der Waals surface area (Å²) in [6.07, 6.45) is 3.34. The van der Waals surface area contributed by atoms with E-state index in [9.17, 15) is 9.59 Å². The first-order valence-corrected chi connectivity index (χ1v) is 9.48. The smallest absolute Gasteiger partial charge is 0.254 e. The molecule has 1 aliphatic rings. The van der Waals surface area contributed by atoms with Gasteiger partial charge in [0.1, 0.15) is 0 Å². The Hall–Kier alpha value is -2.14. The van der Waals surface area contributed by atoms with Crippen molar-refractivity contribution in [3.8, 4) is 0 Å². The van der Waals surface area contributed by atoms with Crippen LogP contribution in [0.3, 0.4) is 0 Å². The summed E-state index contributed by atoms with van der Waals surface area (Å²) in [4.78, 5) is 29.8. The van der Waals surface area contributed by atoms with Crippen LogP contribution in [0.5, 0.6) is 0 Å². The quantitative estimate of drug-likeness (QED) is 0.892. The van der Waals surface area contributed by atoms with Crippen LogP contribution in [0.2, 0.25) is 0 Å². The molecule has 0 bridgehead atoms. The van der Waals surface area contributed by atoms with Crippen molar-refractivity contribution < 1.29 is 9.53 Å². The first-order valence-electron chi connectivity index (χ1n) is 9.48. The largest absolute Gasteiger partial charge is 0.375 e. The third-order valence-electron chi connectivity index (χ3n) is 4.96. The summed E-state index contributed by atoms with van der Waals surface area (Å²) in [7, 11) is 0. The van der Waals surface area contributed by atoms with Gasteiger partial charge in [-0.2, -0.15) is 0 Å². The highest BCUT2D eigenvalue weighted by molar-refractivity contribution is 6.06. The summed E-state index contributed by atoms with van der Waals surface area (Å²) >= 11 is 0. The maximum atomic E-state index is 13.1. The molecule has 0 saturated carbocycles. The first-order chi connectivity index (χ1) is 12.4. The predicted molar refractivity (Wildman–Crippen MR) is 104 cm³/mol. The minimum Gasteiger partial charge on any atom is -0.375 e. The van der Waals surface area contributed by atoms with Crippen LogP contribution in [0.1, 0.15) is 49.0 Å². The molecule has 2 aromatic rings. The van der Waals surface area contributed by atoms with Crippen LogP contribution in [-0.2, 0) is 4.74 Å². The van der Waals surface area contributed by atoms with E-state index in [1.54, 1.807) is 0 Å². The van der Waals surface area contributed by atoms with Crippen molar-refractivity contribution in [1.29, 1.82) is 0 Å². The molecule has 1 fully saturated rings. The lowest BCUT2D eigenvalue weighted by atomic mass is 10.0. The number of hydrogen-bond donors (Lipinski definition) is 1. The molecule has 5 heteroatoms. The second-order valence-electron chi connectivity index (χ2n) is 7.67. The lowest BCUT2D eigenvalue weighted by Gasteiger charge is -2.33. The molecule has 1 unspecified atom stereocenters. The predicted octanol–water partition coefficient (Wildman–Crippen LogP) is 3.50. The third kappa shape index (κ3) is 4.33. The molecule has 1 aromatic heterocycles. The van der Waals surface area contributed by atoms with E-state index in [2.05, 4.69) is 18.8 Å². The van der Waals surface area contributed by atoms with Crippen molar-refractivity contribution in [2.75, 3.05) is 19.7 Å². The van der Waals surface area contributed by atoms with Gasteiger partial charge in [0.05, 0.1) is 18.3 Å². The van der Waals surface area contributed by atoms with Crippen LogP contribution in [0.25, 0.3) is 10.9 Å². The van der Waals surface area contributed by atoms with Gasteiger partial charge in [0.15, 0.2) is 0 Å². The fourth-order valence-corrected chi connectivity index (χ4v) is 3.55. The Morgan fingerprint density at radius 3 is 2.92 bits per heavy atom. The van der Waals surface area contributed by atoms with Crippen molar-refractivity contribution in [3.63, 3.8) is 0 Å². The Bertz CT molecular complexity index is 841. The van der Waals surface area contributed by atoms with Crippen molar-refractivity contribution in [3.05, 3.63) is 45.7 Å². The molecule has 0 radical (unpaired) electrons. The molecule has 0 spiro atoms. The Morgan fingerprint density at radius 1 is 1.35 bits per heavy atom. The van der Waals surface area contributed by atoms with Gasteiger partial charge in [-0.05, 0) is 31.4 Å². The Balaban J connectivity index is 1.79. The van der Waals surface area contributed by atoms with E-state index >= 15 is 0 Å². The summed E-state index contributed by atoms with van der Waals surface area (Å²) < 4.78 is 5.84. The summed E-state index contributed by atoms with van der Waals surface area (Å²) in [5.41, 5.74) is 2.00. The van der Waals surface area contributed by atoms with E-state index in [0.717, 1.165) is 23.8 Å². The van der Waals surface area contributed by atoms with E-state index in [0.29, 0.717) is 36.7 Å². The van der Waals surface area contributed by atoms with Crippen LogP contribution < -0.4 is 5.56 Å². The van der Waals surface area contributed by atoms with Crippen LogP contribution in [-0.4, -0.2) is 41.6 Å². The number of aryl methyl sites for hydroxylation is 1. The highest BCUT2D eigenvalue weighted by Gasteiger charge is 2.26. The van der Waals surface area contributed by atoms with Crippen molar-refractivity contribution in [2.45, 2.75) is 46.1 Å². The molecule has 0 aliphatic carbocycles. The first kappa shape index (κ1) is 18.6. The van der Waals surface area contributed by atoms with Crippen molar-refractivity contribution >= 4 is 16.8 Å². The highest BCUT2D eigenvalue weighted by Crippen LogP contribution is 2.21. The van der Waals surface area contributed by atoms with Gasteiger partial charge < -0.3 is 14.6 Å². The van der Waals surface area contributed by atoms with Gasteiger partial charge in [-0.15, -0.1) is 0 Å². The normalized spacial score (nSPS) is 17.8. The average molecular weight is 356 g/mol. The maximum absolute atomic E-state index is 13.1. The standard InChI is InChI=1S/C21H28N2O3/c1-14(2)5-4-6-16-13-23(9-10-26-16)21(25)18-12-20(24)22-19-8-7-15(3)11-17(18)19/h7-8,11-12,14,16H,4-6,9-10,13H2,1-3H3,(H,22,24). The number of ether oxygens (including phenoxy) is 1. The summed E-state index contributed by atoms with van der Waals surface area (Å²) in [6.45, 7) is 8.14. The number of benzene rings is 1. The third-order valence-corrected chi connectivity index (χ3v) is 4.96. The number of H-pyrrole nitrogens is 1. The topological polar surface area (TPSA) is 62.4 Å². The molecule has 2 heterocycles. The number of pyridine rings is 1. The number of nitrogens with one attached hydrogen (secondary N) is 1. The molecule has 3 rings (SSSR count). The van der Waals surface area contributed by atoms with Gasteiger partial charge in [-0.3, -0.25) is 9.59 Å². The van der Waals surface area contributed by atoms with Gasteiger partial charge >= 0.3 is 0 Å². The number of fused-ring (bicyclic) bond motifs is 1. The van der Waals surface area contributed by atoms with E-state index in [-0.39, 0.29) is 17.6 Å². The zero-order valence-corrected chi connectivity index (χ0v) is 15.9. The average Bonchev–Trinajstić information content (AvgIpc) is 2.61. The number of hydrogen-bond acceptors (Lipinski definition) is 3. The number of aromatic amines is 1. The van der Waals surface area contributed by atoms with E-state index < -0.39 is 0 Å². The number of rotatable bonds is 5. The molecule has 1 atom stereocenters. The summed E-state index contributed by atoms with van der Waals surface area (Å²) in [6, 6.07) is 7.18. The van der Waals surface area contributed by atoms with E-state index in [4.69, 9.17) is 4.74 Å². The number of carbonyl (C=O) groups is 1. The van der Waals surface area contributed by atoms with E-state index in [1.807, 2.05) is 30.0 Å². The SMILES string of the molecule is Cc1ccc2[nH]c(=O)cc(C(=O)N3CCOC(CCCC(C)C)C3)c2c1. The molecular weight excluding hydrogens is 328 g/mol. The molecule has 1 aliphatic heterocycles. The fraction of sp³-hybridized carbons (Fsp3) is 0.524. The fourth-order valence-electron chi connectivity index (χ4n) is 3.55. The van der Waals surface area contributed by atoms with Crippen LogP contribution in [0, 0.1) is 12.8 Å². The molecular formula is C21H28N2O3. The van der Waals surface area contributed by atoms with Gasteiger partial charge in [0, 0.05) is 30.1 Å². The Labute approximate surface area is 154 Å². The molecule has 140 valence electrons. The molecule has 1 N–H and O–H groups in total. The zero-order chi connectivity index (χ0) is 18.7. The van der Waals surface area contributed by atoms with Crippen LogP contribution >= 0.6 is 0 Å². The monoisotopic (exact) mass is 356 g/mol. The van der Waals surface area contributed by atoms with Crippen LogP contribution in [0.15, 0.2) is 29.1 Å². The number of amides is 1. The number of morpholine rings is 1. The van der Waals surface area contributed by atoms with Crippen molar-refractivity contribution in [2.24, 2.45) is 5.92 Å².